The van der Waals surface area contributed by atoms with Crippen LogP contribution in [0.3, 0.4) is 0 Å². The first kappa shape index (κ1) is 19.7. The van der Waals surface area contributed by atoms with Crippen LogP contribution in [-0.2, 0) is 18.0 Å². The van der Waals surface area contributed by atoms with Crippen LogP contribution >= 0.6 is 28.1 Å². The molecule has 1 N–H and O–H groups in total. The minimum Gasteiger partial charge on any atom is -0.310 e. The number of likely N-dealkylation sites (tertiary alicyclic amines) is 1. The second-order valence-corrected chi connectivity index (χ2v) is 8.82. The number of hydrogen-bond acceptors (Lipinski definition) is 5. The van der Waals surface area contributed by atoms with E-state index in [4.69, 9.17) is 17.3 Å². The SMILES string of the molecule is CCn1c(C2CC2)nn(CN2CCC(C(=O)Nc3ccc(Br)cn3)CC2)c1=S. The molecule has 150 valence electrons. The number of anilines is 1. The van der Waals surface area contributed by atoms with Crippen LogP contribution < -0.4 is 5.32 Å². The van der Waals surface area contributed by atoms with Crippen LogP contribution in [0.2, 0.25) is 0 Å². The third-order valence-corrected chi connectivity index (χ3v) is 6.38. The Balaban J connectivity index is 1.32. The number of nitrogens with one attached hydrogen (secondary N) is 1. The molecule has 9 heteroatoms. The monoisotopic (exact) mass is 464 g/mol. The Morgan fingerprint density at radius 3 is 2.64 bits per heavy atom. The van der Waals surface area contributed by atoms with Gasteiger partial charge in [-0.25, -0.2) is 9.67 Å². The van der Waals surface area contributed by atoms with Crippen molar-refractivity contribution in [3.05, 3.63) is 33.4 Å². The van der Waals surface area contributed by atoms with E-state index < -0.39 is 0 Å². The summed E-state index contributed by atoms with van der Waals surface area (Å²) in [7, 11) is 0. The van der Waals surface area contributed by atoms with Crippen LogP contribution in [0.15, 0.2) is 22.8 Å². The molecule has 1 saturated heterocycles. The molecule has 0 spiro atoms. The number of pyridine rings is 1. The molecule has 4 rings (SSSR count). The number of carbonyl (C=O) groups is 1. The summed E-state index contributed by atoms with van der Waals surface area (Å²) in [6.07, 6.45) is 5.80. The molecule has 0 atom stereocenters. The van der Waals surface area contributed by atoms with Gasteiger partial charge in [-0.3, -0.25) is 9.69 Å². The lowest BCUT2D eigenvalue weighted by Crippen LogP contribution is -2.39. The molecule has 1 amide bonds. The van der Waals surface area contributed by atoms with Crippen molar-refractivity contribution in [2.75, 3.05) is 18.4 Å². The van der Waals surface area contributed by atoms with E-state index in [2.05, 4.69) is 42.6 Å². The largest absolute Gasteiger partial charge is 0.310 e. The highest BCUT2D eigenvalue weighted by atomic mass is 79.9. The minimum absolute atomic E-state index is 0.0184. The van der Waals surface area contributed by atoms with Crippen molar-refractivity contribution >= 4 is 39.9 Å². The molecule has 2 fully saturated rings. The number of nitrogens with zero attached hydrogens (tertiary/aromatic N) is 5. The Bertz CT molecular complexity index is 896. The smallest absolute Gasteiger partial charge is 0.228 e. The first-order valence-corrected chi connectivity index (χ1v) is 11.1. The summed E-state index contributed by atoms with van der Waals surface area (Å²) in [6, 6.07) is 3.68. The summed E-state index contributed by atoms with van der Waals surface area (Å²) < 4.78 is 5.83. The quantitative estimate of drug-likeness (QED) is 0.658. The molecule has 2 aliphatic rings. The second-order valence-electron chi connectivity index (χ2n) is 7.54. The summed E-state index contributed by atoms with van der Waals surface area (Å²) in [6.45, 7) is 5.43. The van der Waals surface area contributed by atoms with Crippen LogP contribution in [0.1, 0.15) is 44.3 Å². The van der Waals surface area contributed by atoms with Gasteiger partial charge in [-0.1, -0.05) is 0 Å². The van der Waals surface area contributed by atoms with Crippen LogP contribution in [0.5, 0.6) is 0 Å². The van der Waals surface area contributed by atoms with Gasteiger partial charge in [0.1, 0.15) is 11.6 Å². The summed E-state index contributed by atoms with van der Waals surface area (Å²) >= 11 is 8.99. The molecule has 2 aromatic rings. The van der Waals surface area contributed by atoms with Crippen LogP contribution in [-0.4, -0.2) is 43.2 Å². The zero-order chi connectivity index (χ0) is 19.7. The van der Waals surface area contributed by atoms with Crippen molar-refractivity contribution in [3.8, 4) is 0 Å². The van der Waals surface area contributed by atoms with E-state index >= 15 is 0 Å². The van der Waals surface area contributed by atoms with Crippen molar-refractivity contribution in [1.29, 1.82) is 0 Å². The first-order chi connectivity index (χ1) is 13.5. The molecule has 3 heterocycles. The fourth-order valence-electron chi connectivity index (χ4n) is 3.69. The fraction of sp³-hybridized carbons (Fsp3) is 0.579. The highest BCUT2D eigenvalue weighted by molar-refractivity contribution is 9.10. The molecule has 28 heavy (non-hydrogen) atoms. The van der Waals surface area contributed by atoms with Crippen LogP contribution in [0, 0.1) is 10.7 Å². The number of piperidine rings is 1. The van der Waals surface area contributed by atoms with E-state index in [0.717, 1.165) is 47.5 Å². The Hall–Kier alpha value is -1.58. The van der Waals surface area contributed by atoms with Gasteiger partial charge >= 0.3 is 0 Å². The van der Waals surface area contributed by atoms with Gasteiger partial charge in [0, 0.05) is 42.1 Å². The molecule has 0 radical (unpaired) electrons. The predicted octanol–water partition coefficient (Wildman–Crippen LogP) is 3.78. The highest BCUT2D eigenvalue weighted by Crippen LogP contribution is 2.39. The number of carbonyl (C=O) groups excluding carboxylic acids is 1. The van der Waals surface area contributed by atoms with E-state index in [-0.39, 0.29) is 11.8 Å². The van der Waals surface area contributed by atoms with Crippen molar-refractivity contribution in [2.24, 2.45) is 5.92 Å². The summed E-state index contributed by atoms with van der Waals surface area (Å²) in [5.41, 5.74) is 0. The van der Waals surface area contributed by atoms with E-state index in [0.29, 0.717) is 18.4 Å². The predicted molar refractivity (Wildman–Crippen MR) is 114 cm³/mol. The number of hydrogen-bond donors (Lipinski definition) is 1. The van der Waals surface area contributed by atoms with Gasteiger partial charge in [0.25, 0.3) is 0 Å². The van der Waals surface area contributed by atoms with E-state index in [1.54, 1.807) is 12.3 Å². The lowest BCUT2D eigenvalue weighted by molar-refractivity contribution is -0.121. The summed E-state index contributed by atoms with van der Waals surface area (Å²) in [5.74, 6) is 2.40. The maximum atomic E-state index is 12.5. The Morgan fingerprint density at radius 2 is 2.04 bits per heavy atom. The van der Waals surface area contributed by atoms with Gasteiger partial charge < -0.3 is 9.88 Å². The molecular formula is C19H25BrN6OS. The molecule has 1 aliphatic carbocycles. The van der Waals surface area contributed by atoms with E-state index in [1.807, 2.05) is 10.7 Å². The molecule has 0 unspecified atom stereocenters. The van der Waals surface area contributed by atoms with Crippen molar-refractivity contribution < 1.29 is 4.79 Å². The molecule has 1 saturated carbocycles. The number of halogens is 1. The van der Waals surface area contributed by atoms with Gasteiger partial charge in [-0.05, 0) is 72.9 Å². The van der Waals surface area contributed by atoms with Gasteiger partial charge in [-0.2, -0.15) is 5.10 Å². The van der Waals surface area contributed by atoms with Gasteiger partial charge in [0.2, 0.25) is 5.91 Å². The zero-order valence-electron chi connectivity index (χ0n) is 16.0. The van der Waals surface area contributed by atoms with Crippen molar-refractivity contribution in [1.82, 2.24) is 24.2 Å². The first-order valence-electron chi connectivity index (χ1n) is 9.87. The Kier molecular flexibility index (Phi) is 5.93. The van der Waals surface area contributed by atoms with Gasteiger partial charge in [0.15, 0.2) is 4.77 Å². The Labute approximate surface area is 178 Å². The van der Waals surface area contributed by atoms with Gasteiger partial charge in [-0.15, -0.1) is 0 Å². The fourth-order valence-corrected chi connectivity index (χ4v) is 4.25. The number of aromatic nitrogens is 4. The molecular weight excluding hydrogens is 440 g/mol. The standard InChI is InChI=1S/C19H25BrN6OS/c1-2-25-17(13-3-4-13)23-26(19(25)28)12-24-9-7-14(8-10-24)18(27)22-16-6-5-15(20)11-21-16/h5-6,11,13-14H,2-4,7-10,12H2,1H3,(H,21,22,27). The maximum Gasteiger partial charge on any atom is 0.228 e. The topological polar surface area (TPSA) is 68.0 Å². The van der Waals surface area contributed by atoms with Crippen molar-refractivity contribution in [2.45, 2.75) is 51.7 Å². The average Bonchev–Trinajstić information content (AvgIpc) is 3.49. The summed E-state index contributed by atoms with van der Waals surface area (Å²) in [4.78, 5) is 19.1. The molecule has 7 nitrogen and oxygen atoms in total. The average molecular weight is 465 g/mol. The molecule has 0 bridgehead atoms. The van der Waals surface area contributed by atoms with Gasteiger partial charge in [0.05, 0.1) is 6.67 Å². The Morgan fingerprint density at radius 1 is 1.29 bits per heavy atom. The lowest BCUT2D eigenvalue weighted by Gasteiger charge is -2.30. The third kappa shape index (κ3) is 4.36. The maximum absolute atomic E-state index is 12.5. The third-order valence-electron chi connectivity index (χ3n) is 5.48. The molecule has 1 aliphatic heterocycles. The lowest BCUT2D eigenvalue weighted by atomic mass is 9.96. The molecule has 0 aromatic carbocycles. The number of rotatable bonds is 6. The zero-order valence-corrected chi connectivity index (χ0v) is 18.4. The van der Waals surface area contributed by atoms with E-state index in [1.165, 1.54) is 12.8 Å². The second kappa shape index (κ2) is 8.42. The van der Waals surface area contributed by atoms with Crippen molar-refractivity contribution in [3.63, 3.8) is 0 Å². The van der Waals surface area contributed by atoms with Crippen LogP contribution in [0.25, 0.3) is 0 Å². The minimum atomic E-state index is 0.0184. The highest BCUT2D eigenvalue weighted by Gasteiger charge is 2.30. The molecule has 2 aromatic heterocycles. The summed E-state index contributed by atoms with van der Waals surface area (Å²) in [5, 5.41) is 7.72. The van der Waals surface area contributed by atoms with E-state index in [9.17, 15) is 4.79 Å². The normalized spacial score (nSPS) is 18.4. The number of amides is 1. The van der Waals surface area contributed by atoms with Crippen LogP contribution in [0.4, 0.5) is 5.82 Å².